The van der Waals surface area contributed by atoms with E-state index in [1.54, 1.807) is 0 Å². The van der Waals surface area contributed by atoms with Gasteiger partial charge in [-0.1, -0.05) is 288 Å². The predicted molar refractivity (Wildman–Crippen MR) is 351 cm³/mol. The van der Waals surface area contributed by atoms with Crippen molar-refractivity contribution in [3.63, 3.8) is 0 Å². The minimum absolute atomic E-state index is 0.0407. The van der Waals surface area contributed by atoms with Gasteiger partial charge < -0.3 is 19.4 Å². The molecule has 81 heavy (non-hydrogen) atoms. The molecule has 0 rings (SSSR count). The van der Waals surface area contributed by atoms with Crippen LogP contribution in [0.1, 0.15) is 342 Å². The topological polar surface area (TPSA) is 111 Å². The van der Waals surface area contributed by atoms with Crippen molar-refractivity contribution < 1.29 is 37.3 Å². The summed E-state index contributed by atoms with van der Waals surface area (Å²) in [4.78, 5) is 37.9. The first-order valence-corrected chi connectivity index (χ1v) is 36.5. The SMILES string of the molecule is CCCCC/C=C\C/C=C\CCCCCCCCCCCC(=O)OC(/C=C\CCCCCCCCCCCCC)C(COP(=O)(O)OCC[N+](C)(C)C)NC(=O)CCCCCCCCCCCCCCC/C=C/CCCCCCCC. The summed E-state index contributed by atoms with van der Waals surface area (Å²) in [5, 5.41) is 3.07. The number of ether oxygens (including phenoxy) is 1. The van der Waals surface area contributed by atoms with Crippen LogP contribution in [0.25, 0.3) is 0 Å². The lowest BCUT2D eigenvalue weighted by molar-refractivity contribution is -0.870. The Morgan fingerprint density at radius 3 is 1.15 bits per heavy atom. The number of esters is 1. The Morgan fingerprint density at radius 1 is 0.432 bits per heavy atom. The van der Waals surface area contributed by atoms with Gasteiger partial charge in [0.05, 0.1) is 33.8 Å². The van der Waals surface area contributed by atoms with Crippen LogP contribution in [-0.4, -0.2) is 74.3 Å². The number of phosphoric ester groups is 1. The minimum Gasteiger partial charge on any atom is -0.456 e. The van der Waals surface area contributed by atoms with Gasteiger partial charge in [0.1, 0.15) is 19.3 Å². The van der Waals surface area contributed by atoms with Crippen molar-refractivity contribution in [3.05, 3.63) is 48.6 Å². The molecule has 9 nitrogen and oxygen atoms in total. The van der Waals surface area contributed by atoms with Crippen molar-refractivity contribution in [1.82, 2.24) is 5.32 Å². The van der Waals surface area contributed by atoms with E-state index in [2.05, 4.69) is 62.5 Å². The summed E-state index contributed by atoms with van der Waals surface area (Å²) < 4.78 is 30.8. The lowest BCUT2D eigenvalue weighted by Gasteiger charge is -2.27. The molecule has 0 fully saturated rings. The standard InChI is InChI=1S/C71H135N2O7P/c1-7-10-13-16-19-22-25-28-30-32-34-35-36-37-39-40-42-45-48-51-54-57-60-63-70(74)72-68(67-79-81(76,77)78-66-65-73(4,5)6)69(62-59-56-53-50-47-44-27-24-21-18-15-12-9-3)80-71(75)64-61-58-55-52-49-46-43-41-38-33-31-29-26-23-20-17-14-11-8-2/h20,23,28-31,59,62,68-69H,7-19,21-22,24-27,32-58,60-61,63-67H2,1-6H3,(H-,72,74,76,77)/p+1/b23-20-,30-28+,31-29-,62-59-. The maximum Gasteiger partial charge on any atom is 0.472 e. The van der Waals surface area contributed by atoms with E-state index in [1.165, 1.54) is 244 Å². The number of carbonyl (C=O) groups excluding carboxylic acids is 2. The van der Waals surface area contributed by atoms with Crippen LogP contribution in [0.15, 0.2) is 48.6 Å². The number of nitrogens with zero attached hydrogens (tertiary/aromatic N) is 1. The molecule has 0 bridgehead atoms. The first kappa shape index (κ1) is 79.0. The maximum absolute atomic E-state index is 13.6. The number of carbonyl (C=O) groups is 2. The number of likely N-dealkylation sites (N-methyl/N-ethyl adjacent to an activating group) is 1. The van der Waals surface area contributed by atoms with Crippen molar-refractivity contribution in [2.24, 2.45) is 0 Å². The number of allylic oxidation sites excluding steroid dienone is 7. The smallest absolute Gasteiger partial charge is 0.456 e. The van der Waals surface area contributed by atoms with Crippen molar-refractivity contribution in [1.29, 1.82) is 0 Å². The monoisotopic (exact) mass is 1160 g/mol. The highest BCUT2D eigenvalue weighted by molar-refractivity contribution is 7.47. The summed E-state index contributed by atoms with van der Waals surface area (Å²) in [5.74, 6) is -0.495. The number of amides is 1. The van der Waals surface area contributed by atoms with Crippen LogP contribution in [0.3, 0.4) is 0 Å². The molecule has 1 amide bonds. The van der Waals surface area contributed by atoms with Gasteiger partial charge in [0, 0.05) is 12.8 Å². The first-order chi connectivity index (χ1) is 39.4. The Balaban J connectivity index is 5.12. The van der Waals surface area contributed by atoms with Gasteiger partial charge in [-0.3, -0.25) is 18.6 Å². The number of hydrogen-bond donors (Lipinski definition) is 2. The van der Waals surface area contributed by atoms with Crippen LogP contribution in [0.4, 0.5) is 0 Å². The predicted octanol–water partition coefficient (Wildman–Crippen LogP) is 22.0. The van der Waals surface area contributed by atoms with E-state index in [0.717, 1.165) is 64.2 Å². The largest absolute Gasteiger partial charge is 0.472 e. The third-order valence-corrected chi connectivity index (χ3v) is 16.7. The maximum atomic E-state index is 13.6. The van der Waals surface area contributed by atoms with Crippen LogP contribution in [0.5, 0.6) is 0 Å². The molecule has 0 saturated carbocycles. The van der Waals surface area contributed by atoms with Crippen LogP contribution in [0, 0.1) is 0 Å². The summed E-state index contributed by atoms with van der Waals surface area (Å²) in [7, 11) is 1.50. The van der Waals surface area contributed by atoms with E-state index >= 15 is 0 Å². The Morgan fingerprint density at radius 2 is 0.753 bits per heavy atom. The van der Waals surface area contributed by atoms with Gasteiger partial charge in [-0.25, -0.2) is 4.57 Å². The summed E-state index contributed by atoms with van der Waals surface area (Å²) in [6, 6.07) is -0.850. The van der Waals surface area contributed by atoms with Crippen molar-refractivity contribution in [3.8, 4) is 0 Å². The van der Waals surface area contributed by atoms with Crippen molar-refractivity contribution in [2.75, 3.05) is 40.9 Å². The molecule has 0 aliphatic heterocycles. The number of hydrogen-bond acceptors (Lipinski definition) is 6. The van der Waals surface area contributed by atoms with Gasteiger partial charge in [-0.15, -0.1) is 0 Å². The fraction of sp³-hybridized carbons (Fsp3) is 0.859. The second kappa shape index (κ2) is 61.1. The normalized spacial score (nSPS) is 13.8. The average Bonchev–Trinajstić information content (AvgIpc) is 3.44. The number of unbranched alkanes of at least 4 members (excludes halogenated alkanes) is 42. The fourth-order valence-corrected chi connectivity index (χ4v) is 11.1. The number of quaternary nitrogens is 1. The molecule has 0 aliphatic carbocycles. The van der Waals surface area contributed by atoms with Gasteiger partial charge in [0.15, 0.2) is 0 Å². The second-order valence-electron chi connectivity index (χ2n) is 25.0. The highest BCUT2D eigenvalue weighted by Crippen LogP contribution is 2.43. The minimum atomic E-state index is -4.45. The highest BCUT2D eigenvalue weighted by atomic mass is 31.2. The Kier molecular flexibility index (Phi) is 59.5. The van der Waals surface area contributed by atoms with Gasteiger partial charge in [-0.2, -0.15) is 0 Å². The van der Waals surface area contributed by atoms with E-state index in [0.29, 0.717) is 17.4 Å². The van der Waals surface area contributed by atoms with Crippen LogP contribution in [-0.2, 0) is 27.9 Å². The molecule has 0 aromatic rings. The molecule has 0 aromatic carbocycles. The van der Waals surface area contributed by atoms with Gasteiger partial charge in [0.2, 0.25) is 5.91 Å². The quantitative estimate of drug-likeness (QED) is 0.0205. The zero-order valence-electron chi connectivity index (χ0n) is 54.5. The average molecular weight is 1160 g/mol. The Labute approximate surface area is 503 Å². The third-order valence-electron chi connectivity index (χ3n) is 15.7. The van der Waals surface area contributed by atoms with Gasteiger partial charge >= 0.3 is 13.8 Å². The molecule has 0 aliphatic rings. The molecule has 3 atom stereocenters. The van der Waals surface area contributed by atoms with E-state index in [4.69, 9.17) is 13.8 Å². The molecular formula is C71H136N2O7P+. The molecule has 10 heteroatoms. The zero-order chi connectivity index (χ0) is 59.3. The fourth-order valence-electron chi connectivity index (χ4n) is 10.3. The van der Waals surface area contributed by atoms with E-state index in [1.807, 2.05) is 33.3 Å². The lowest BCUT2D eigenvalue weighted by Crippen LogP contribution is -2.47. The highest BCUT2D eigenvalue weighted by Gasteiger charge is 2.30. The number of phosphoric acid groups is 1. The zero-order valence-corrected chi connectivity index (χ0v) is 55.4. The molecule has 0 spiro atoms. The molecule has 0 radical (unpaired) electrons. The van der Waals surface area contributed by atoms with E-state index < -0.39 is 20.0 Å². The molecule has 0 aromatic heterocycles. The Bertz CT molecular complexity index is 1520. The van der Waals surface area contributed by atoms with Gasteiger partial charge in [-0.05, 0) is 89.5 Å². The van der Waals surface area contributed by atoms with Crippen LogP contribution in [0.2, 0.25) is 0 Å². The van der Waals surface area contributed by atoms with Crippen molar-refractivity contribution in [2.45, 2.75) is 354 Å². The lowest BCUT2D eigenvalue weighted by atomic mass is 10.0. The van der Waals surface area contributed by atoms with E-state index in [-0.39, 0.29) is 31.5 Å². The van der Waals surface area contributed by atoms with Crippen LogP contribution < -0.4 is 5.32 Å². The van der Waals surface area contributed by atoms with Gasteiger partial charge in [0.25, 0.3) is 0 Å². The number of nitrogens with one attached hydrogen (secondary N) is 1. The summed E-state index contributed by atoms with van der Waals surface area (Å²) in [6.45, 7) is 7.03. The molecule has 3 unspecified atom stereocenters. The number of rotatable bonds is 64. The summed E-state index contributed by atoms with van der Waals surface area (Å²) >= 11 is 0. The summed E-state index contributed by atoms with van der Waals surface area (Å²) in [5.41, 5.74) is 0. The third kappa shape index (κ3) is 62.3. The van der Waals surface area contributed by atoms with E-state index in [9.17, 15) is 19.0 Å². The molecular weight excluding hydrogens is 1020 g/mol. The molecule has 476 valence electrons. The molecule has 2 N–H and O–H groups in total. The van der Waals surface area contributed by atoms with Crippen LogP contribution >= 0.6 is 7.82 Å². The summed E-state index contributed by atoms with van der Waals surface area (Å²) in [6.07, 6.45) is 76.8. The molecule has 0 saturated heterocycles. The van der Waals surface area contributed by atoms with Crippen molar-refractivity contribution >= 4 is 19.7 Å². The molecule has 0 heterocycles. The second-order valence-corrected chi connectivity index (χ2v) is 26.5. The first-order valence-electron chi connectivity index (χ1n) is 35.0. The Hall–Kier alpha value is -2.03.